The topological polar surface area (TPSA) is 109 Å². The van der Waals surface area contributed by atoms with Crippen LogP contribution in [-0.2, 0) is 11.3 Å². The van der Waals surface area contributed by atoms with Gasteiger partial charge in [-0.15, -0.1) is 0 Å². The van der Waals surface area contributed by atoms with Crippen LogP contribution >= 0.6 is 0 Å². The van der Waals surface area contributed by atoms with Crippen LogP contribution in [0.3, 0.4) is 0 Å². The first-order chi connectivity index (χ1) is 15.7. The van der Waals surface area contributed by atoms with Crippen molar-refractivity contribution in [3.8, 4) is 22.9 Å². The van der Waals surface area contributed by atoms with Gasteiger partial charge in [0.1, 0.15) is 11.4 Å². The number of fused-ring (bicyclic) bond motifs is 1. The number of nitrogens with one attached hydrogen (secondary N) is 2. The fourth-order valence-electron chi connectivity index (χ4n) is 3.98. The summed E-state index contributed by atoms with van der Waals surface area (Å²) in [6, 6.07) is 12.9. The van der Waals surface area contributed by atoms with Crippen LogP contribution in [0.4, 0.5) is 0 Å². The number of amides is 2. The molecule has 0 aliphatic carbocycles. The van der Waals surface area contributed by atoms with Crippen molar-refractivity contribution in [1.29, 1.82) is 0 Å². The lowest BCUT2D eigenvalue weighted by Crippen LogP contribution is -2.43. The van der Waals surface area contributed by atoms with Crippen LogP contribution in [0.1, 0.15) is 28.9 Å². The number of hydrogen-bond acceptors (Lipinski definition) is 6. The number of pyridine rings is 1. The van der Waals surface area contributed by atoms with Crippen molar-refractivity contribution in [2.75, 3.05) is 19.9 Å². The second kappa shape index (κ2) is 8.70. The van der Waals surface area contributed by atoms with Gasteiger partial charge in [0.25, 0.3) is 5.91 Å². The molecule has 3 aromatic rings. The van der Waals surface area contributed by atoms with Crippen LogP contribution in [0.15, 0.2) is 48.7 Å². The Morgan fingerprint density at radius 3 is 2.72 bits per heavy atom. The third kappa shape index (κ3) is 4.14. The van der Waals surface area contributed by atoms with Gasteiger partial charge in [0, 0.05) is 31.7 Å². The number of carbonyl (C=O) groups is 2. The summed E-state index contributed by atoms with van der Waals surface area (Å²) < 4.78 is 10.7. The fraction of sp³-hybridized carbons (Fsp3) is 0.304. The summed E-state index contributed by atoms with van der Waals surface area (Å²) in [6.07, 6.45) is 2.94. The standard InChI is InChI=1S/C23H23N5O4/c29-22(25-13-15-4-5-20-21(11-15)32-14-31-20)16-6-9-28(10-7-16)23(30)19-12-18(26-27-19)17-3-1-2-8-24-17/h1-5,8,11-12,16H,6-7,9-10,13-14H2,(H,25,29)(H,26,27). The average Bonchev–Trinajstić information content (AvgIpc) is 3.52. The van der Waals surface area contributed by atoms with Crippen molar-refractivity contribution in [3.05, 3.63) is 59.9 Å². The molecule has 2 aliphatic heterocycles. The Balaban J connectivity index is 1.12. The molecule has 0 radical (unpaired) electrons. The van der Waals surface area contributed by atoms with Crippen molar-refractivity contribution in [2.45, 2.75) is 19.4 Å². The molecule has 2 N–H and O–H groups in total. The van der Waals surface area contributed by atoms with E-state index in [9.17, 15) is 9.59 Å². The van der Waals surface area contributed by atoms with Gasteiger partial charge in [-0.3, -0.25) is 19.7 Å². The molecule has 0 atom stereocenters. The van der Waals surface area contributed by atoms with E-state index < -0.39 is 0 Å². The van der Waals surface area contributed by atoms with Gasteiger partial charge >= 0.3 is 0 Å². The number of ether oxygens (including phenoxy) is 2. The largest absolute Gasteiger partial charge is 0.454 e. The Hall–Kier alpha value is -3.88. The molecule has 1 fully saturated rings. The molecule has 5 rings (SSSR count). The van der Waals surface area contributed by atoms with Crippen LogP contribution in [0.5, 0.6) is 11.5 Å². The fourth-order valence-corrected chi connectivity index (χ4v) is 3.98. The first-order valence-electron chi connectivity index (χ1n) is 10.6. The summed E-state index contributed by atoms with van der Waals surface area (Å²) in [6.45, 7) is 1.71. The highest BCUT2D eigenvalue weighted by atomic mass is 16.7. The lowest BCUT2D eigenvalue weighted by atomic mass is 9.95. The number of aromatic nitrogens is 3. The molecular formula is C23H23N5O4. The normalized spacial score (nSPS) is 15.6. The van der Waals surface area contributed by atoms with Gasteiger partial charge in [0.15, 0.2) is 11.5 Å². The number of aromatic amines is 1. The van der Waals surface area contributed by atoms with Gasteiger partial charge in [-0.1, -0.05) is 12.1 Å². The number of hydrogen-bond donors (Lipinski definition) is 2. The summed E-state index contributed by atoms with van der Waals surface area (Å²) in [5.74, 6) is 1.21. The molecule has 9 heteroatoms. The van der Waals surface area contributed by atoms with Gasteiger partial charge in [0.2, 0.25) is 12.7 Å². The highest BCUT2D eigenvalue weighted by Crippen LogP contribution is 2.32. The molecule has 2 amide bonds. The van der Waals surface area contributed by atoms with Crippen molar-refractivity contribution < 1.29 is 19.1 Å². The third-order valence-electron chi connectivity index (χ3n) is 5.79. The molecule has 2 aliphatic rings. The predicted molar refractivity (Wildman–Crippen MR) is 115 cm³/mol. The maximum atomic E-state index is 12.8. The van der Waals surface area contributed by atoms with E-state index >= 15 is 0 Å². The molecule has 1 saturated heterocycles. The van der Waals surface area contributed by atoms with Crippen molar-refractivity contribution in [2.24, 2.45) is 5.92 Å². The van der Waals surface area contributed by atoms with E-state index in [0.717, 1.165) is 11.3 Å². The molecule has 0 saturated carbocycles. The summed E-state index contributed by atoms with van der Waals surface area (Å²) in [5, 5.41) is 10.0. The van der Waals surface area contributed by atoms with E-state index in [-0.39, 0.29) is 24.5 Å². The first kappa shape index (κ1) is 20.0. The minimum absolute atomic E-state index is 0.00810. The summed E-state index contributed by atoms with van der Waals surface area (Å²) in [5.41, 5.74) is 2.72. The van der Waals surface area contributed by atoms with E-state index in [0.29, 0.717) is 55.3 Å². The zero-order valence-electron chi connectivity index (χ0n) is 17.4. The second-order valence-corrected chi connectivity index (χ2v) is 7.85. The Labute approximate surface area is 184 Å². The third-order valence-corrected chi connectivity index (χ3v) is 5.79. The van der Waals surface area contributed by atoms with E-state index in [1.807, 2.05) is 36.4 Å². The Kier molecular flexibility index (Phi) is 5.45. The lowest BCUT2D eigenvalue weighted by molar-refractivity contribution is -0.126. The number of likely N-dealkylation sites (tertiary alicyclic amines) is 1. The Morgan fingerprint density at radius 1 is 1.06 bits per heavy atom. The molecule has 9 nitrogen and oxygen atoms in total. The smallest absolute Gasteiger partial charge is 0.271 e. The van der Waals surface area contributed by atoms with E-state index in [1.165, 1.54) is 0 Å². The minimum Gasteiger partial charge on any atom is -0.454 e. The summed E-state index contributed by atoms with van der Waals surface area (Å²) in [7, 11) is 0. The number of benzene rings is 1. The number of carbonyl (C=O) groups excluding carboxylic acids is 2. The molecule has 164 valence electrons. The predicted octanol–water partition coefficient (Wildman–Crippen LogP) is 2.37. The number of H-pyrrole nitrogens is 1. The molecule has 2 aromatic heterocycles. The number of rotatable bonds is 5. The lowest BCUT2D eigenvalue weighted by Gasteiger charge is -2.31. The van der Waals surface area contributed by atoms with E-state index in [4.69, 9.17) is 9.47 Å². The van der Waals surface area contributed by atoms with Crippen LogP contribution < -0.4 is 14.8 Å². The van der Waals surface area contributed by atoms with Crippen molar-refractivity contribution in [1.82, 2.24) is 25.4 Å². The first-order valence-corrected chi connectivity index (χ1v) is 10.6. The molecule has 0 bridgehead atoms. The molecule has 0 spiro atoms. The highest BCUT2D eigenvalue weighted by molar-refractivity contribution is 5.93. The molecule has 4 heterocycles. The SMILES string of the molecule is O=C(NCc1ccc2c(c1)OCO2)C1CCN(C(=O)c2cc(-c3ccccn3)n[nH]2)CC1. The molecule has 0 unspecified atom stereocenters. The Morgan fingerprint density at radius 2 is 1.91 bits per heavy atom. The summed E-state index contributed by atoms with van der Waals surface area (Å²) >= 11 is 0. The molecule has 1 aromatic carbocycles. The van der Waals surface area contributed by atoms with Crippen molar-refractivity contribution in [3.63, 3.8) is 0 Å². The van der Waals surface area contributed by atoms with Gasteiger partial charge < -0.3 is 19.7 Å². The van der Waals surface area contributed by atoms with Crippen LogP contribution in [-0.4, -0.2) is 51.8 Å². The van der Waals surface area contributed by atoms with Gasteiger partial charge in [-0.25, -0.2) is 0 Å². The summed E-state index contributed by atoms with van der Waals surface area (Å²) in [4.78, 5) is 31.5. The van der Waals surface area contributed by atoms with Gasteiger partial charge in [-0.05, 0) is 48.7 Å². The van der Waals surface area contributed by atoms with Gasteiger partial charge in [-0.2, -0.15) is 5.10 Å². The van der Waals surface area contributed by atoms with Gasteiger partial charge in [0.05, 0.1) is 5.69 Å². The van der Waals surface area contributed by atoms with Crippen LogP contribution in [0, 0.1) is 5.92 Å². The second-order valence-electron chi connectivity index (χ2n) is 7.85. The number of nitrogens with zero attached hydrogens (tertiary/aromatic N) is 3. The van der Waals surface area contributed by atoms with Crippen LogP contribution in [0.25, 0.3) is 11.4 Å². The quantitative estimate of drug-likeness (QED) is 0.639. The highest BCUT2D eigenvalue weighted by Gasteiger charge is 2.28. The maximum Gasteiger partial charge on any atom is 0.271 e. The zero-order chi connectivity index (χ0) is 21.9. The molecular weight excluding hydrogens is 410 g/mol. The maximum absolute atomic E-state index is 12.8. The van der Waals surface area contributed by atoms with E-state index in [1.54, 1.807) is 17.2 Å². The van der Waals surface area contributed by atoms with Crippen LogP contribution in [0.2, 0.25) is 0 Å². The number of piperidine rings is 1. The zero-order valence-corrected chi connectivity index (χ0v) is 17.4. The monoisotopic (exact) mass is 433 g/mol. The van der Waals surface area contributed by atoms with Crippen molar-refractivity contribution >= 4 is 11.8 Å². The Bertz CT molecular complexity index is 1120. The average molecular weight is 433 g/mol. The minimum atomic E-state index is -0.112. The van der Waals surface area contributed by atoms with E-state index in [2.05, 4.69) is 20.5 Å². The molecule has 32 heavy (non-hydrogen) atoms.